The number of benzene rings is 1. The van der Waals surface area contributed by atoms with Gasteiger partial charge in [0.1, 0.15) is 0 Å². The molecule has 2 nitrogen and oxygen atoms in total. The standard InChI is InChI=1S/C14H18N2/c1-2-3-4-8-15-11-12-5-6-13-7-9-16-14(13)10-12/h2-3,5-7,9-10,15-16H,4,8,11H2,1H3/b3-2+. The minimum atomic E-state index is 0.937. The van der Waals surface area contributed by atoms with Crippen LogP contribution in [0.1, 0.15) is 18.9 Å². The third kappa shape index (κ3) is 2.74. The molecule has 0 atom stereocenters. The van der Waals surface area contributed by atoms with E-state index in [-0.39, 0.29) is 0 Å². The fourth-order valence-corrected chi connectivity index (χ4v) is 1.79. The summed E-state index contributed by atoms with van der Waals surface area (Å²) in [6, 6.07) is 8.64. The van der Waals surface area contributed by atoms with Crippen molar-refractivity contribution in [2.45, 2.75) is 19.9 Å². The summed E-state index contributed by atoms with van der Waals surface area (Å²) in [7, 11) is 0. The molecule has 1 aromatic carbocycles. The quantitative estimate of drug-likeness (QED) is 0.580. The molecule has 2 rings (SSSR count). The highest BCUT2D eigenvalue weighted by Gasteiger charge is 1.96. The van der Waals surface area contributed by atoms with Crippen molar-refractivity contribution in [2.24, 2.45) is 0 Å². The van der Waals surface area contributed by atoms with E-state index >= 15 is 0 Å². The molecular weight excluding hydrogens is 196 g/mol. The number of nitrogens with one attached hydrogen (secondary N) is 2. The fourth-order valence-electron chi connectivity index (χ4n) is 1.79. The molecule has 16 heavy (non-hydrogen) atoms. The van der Waals surface area contributed by atoms with Crippen molar-refractivity contribution in [3.05, 3.63) is 48.2 Å². The average molecular weight is 214 g/mol. The topological polar surface area (TPSA) is 27.8 Å². The molecule has 0 radical (unpaired) electrons. The normalized spacial score (nSPS) is 11.6. The van der Waals surface area contributed by atoms with E-state index < -0.39 is 0 Å². The van der Waals surface area contributed by atoms with E-state index in [0.29, 0.717) is 0 Å². The summed E-state index contributed by atoms with van der Waals surface area (Å²) in [6.07, 6.45) is 7.35. The Hall–Kier alpha value is -1.54. The lowest BCUT2D eigenvalue weighted by molar-refractivity contribution is 0.695. The largest absolute Gasteiger partial charge is 0.361 e. The van der Waals surface area contributed by atoms with Crippen LogP contribution in [0.4, 0.5) is 0 Å². The zero-order valence-electron chi connectivity index (χ0n) is 9.66. The van der Waals surface area contributed by atoms with Crippen LogP contribution >= 0.6 is 0 Å². The van der Waals surface area contributed by atoms with Crippen molar-refractivity contribution >= 4 is 10.9 Å². The van der Waals surface area contributed by atoms with Crippen molar-refractivity contribution in [2.75, 3.05) is 6.54 Å². The monoisotopic (exact) mass is 214 g/mol. The zero-order valence-corrected chi connectivity index (χ0v) is 9.66. The molecule has 2 heteroatoms. The molecule has 0 fully saturated rings. The second-order valence-corrected chi connectivity index (χ2v) is 3.93. The van der Waals surface area contributed by atoms with Crippen LogP contribution in [0, 0.1) is 0 Å². The van der Waals surface area contributed by atoms with Crippen LogP contribution < -0.4 is 5.32 Å². The molecule has 2 N–H and O–H groups in total. The maximum absolute atomic E-state index is 3.43. The fraction of sp³-hybridized carbons (Fsp3) is 0.286. The molecule has 0 aliphatic carbocycles. The van der Waals surface area contributed by atoms with E-state index in [4.69, 9.17) is 0 Å². The third-order valence-electron chi connectivity index (χ3n) is 2.67. The van der Waals surface area contributed by atoms with Gasteiger partial charge < -0.3 is 10.3 Å². The van der Waals surface area contributed by atoms with Gasteiger partial charge in [-0.1, -0.05) is 24.3 Å². The number of allylic oxidation sites excluding steroid dienone is 1. The summed E-state index contributed by atoms with van der Waals surface area (Å²) in [5.74, 6) is 0. The first-order valence-electron chi connectivity index (χ1n) is 5.78. The van der Waals surface area contributed by atoms with Gasteiger partial charge in [0.15, 0.2) is 0 Å². The van der Waals surface area contributed by atoms with Crippen molar-refractivity contribution in [1.29, 1.82) is 0 Å². The first-order valence-corrected chi connectivity index (χ1v) is 5.78. The average Bonchev–Trinajstić information content (AvgIpc) is 2.76. The molecule has 0 bridgehead atoms. The first kappa shape index (κ1) is 11.0. The Bertz CT molecular complexity index is 468. The Morgan fingerprint density at radius 3 is 3.12 bits per heavy atom. The van der Waals surface area contributed by atoms with Gasteiger partial charge in [-0.05, 0) is 43.0 Å². The number of aromatic nitrogens is 1. The van der Waals surface area contributed by atoms with Crippen molar-refractivity contribution in [3.63, 3.8) is 0 Å². The molecule has 0 unspecified atom stereocenters. The van der Waals surface area contributed by atoms with Crippen molar-refractivity contribution in [1.82, 2.24) is 10.3 Å². The number of rotatable bonds is 5. The van der Waals surface area contributed by atoms with Gasteiger partial charge in [0.2, 0.25) is 0 Å². The highest BCUT2D eigenvalue weighted by atomic mass is 14.8. The molecule has 0 aliphatic rings. The Labute approximate surface area is 96.4 Å². The molecule has 0 saturated heterocycles. The van der Waals surface area contributed by atoms with E-state index in [2.05, 4.69) is 53.6 Å². The molecule has 2 aromatic rings. The molecular formula is C14H18N2. The van der Waals surface area contributed by atoms with E-state index in [1.165, 1.54) is 16.5 Å². The molecule has 84 valence electrons. The molecule has 0 spiro atoms. The Balaban J connectivity index is 1.89. The Morgan fingerprint density at radius 1 is 1.31 bits per heavy atom. The summed E-state index contributed by atoms with van der Waals surface area (Å²) in [6.45, 7) is 4.03. The molecule has 1 heterocycles. The van der Waals surface area contributed by atoms with Gasteiger partial charge in [0.25, 0.3) is 0 Å². The van der Waals surface area contributed by atoms with Crippen LogP contribution in [0.25, 0.3) is 10.9 Å². The SMILES string of the molecule is C/C=C/CCNCc1ccc2cc[nH]c2c1. The summed E-state index contributed by atoms with van der Waals surface area (Å²) in [5.41, 5.74) is 2.54. The summed E-state index contributed by atoms with van der Waals surface area (Å²) < 4.78 is 0. The zero-order chi connectivity index (χ0) is 11.2. The minimum Gasteiger partial charge on any atom is -0.361 e. The lowest BCUT2D eigenvalue weighted by atomic mass is 10.1. The second kappa shape index (κ2) is 5.52. The maximum atomic E-state index is 3.43. The predicted molar refractivity (Wildman–Crippen MR) is 69.4 cm³/mol. The predicted octanol–water partition coefficient (Wildman–Crippen LogP) is 3.22. The van der Waals surface area contributed by atoms with Crippen LogP contribution in [-0.4, -0.2) is 11.5 Å². The van der Waals surface area contributed by atoms with Gasteiger partial charge in [-0.2, -0.15) is 0 Å². The number of hydrogen-bond donors (Lipinski definition) is 2. The van der Waals surface area contributed by atoms with Gasteiger partial charge in [-0.3, -0.25) is 0 Å². The number of hydrogen-bond acceptors (Lipinski definition) is 1. The Kier molecular flexibility index (Phi) is 3.78. The first-order chi connectivity index (χ1) is 7.90. The summed E-state index contributed by atoms with van der Waals surface area (Å²) in [5, 5.41) is 4.70. The highest BCUT2D eigenvalue weighted by molar-refractivity contribution is 5.79. The van der Waals surface area contributed by atoms with Crippen LogP contribution in [0.15, 0.2) is 42.6 Å². The summed E-state index contributed by atoms with van der Waals surface area (Å²) in [4.78, 5) is 3.23. The van der Waals surface area contributed by atoms with Crippen LogP contribution in [0.3, 0.4) is 0 Å². The van der Waals surface area contributed by atoms with E-state index in [1.807, 2.05) is 6.20 Å². The van der Waals surface area contributed by atoms with Crippen LogP contribution in [-0.2, 0) is 6.54 Å². The summed E-state index contributed by atoms with van der Waals surface area (Å²) >= 11 is 0. The number of fused-ring (bicyclic) bond motifs is 1. The molecule has 0 aliphatic heterocycles. The highest BCUT2D eigenvalue weighted by Crippen LogP contribution is 2.13. The lowest BCUT2D eigenvalue weighted by Gasteiger charge is -2.03. The van der Waals surface area contributed by atoms with Crippen molar-refractivity contribution < 1.29 is 0 Å². The molecule has 1 aromatic heterocycles. The smallest absolute Gasteiger partial charge is 0.0457 e. The molecule has 0 saturated carbocycles. The number of H-pyrrole nitrogens is 1. The maximum Gasteiger partial charge on any atom is 0.0457 e. The van der Waals surface area contributed by atoms with E-state index in [9.17, 15) is 0 Å². The van der Waals surface area contributed by atoms with Gasteiger partial charge >= 0.3 is 0 Å². The van der Waals surface area contributed by atoms with Gasteiger partial charge in [-0.15, -0.1) is 0 Å². The Morgan fingerprint density at radius 2 is 2.25 bits per heavy atom. The van der Waals surface area contributed by atoms with Gasteiger partial charge in [0, 0.05) is 18.3 Å². The van der Waals surface area contributed by atoms with Crippen molar-refractivity contribution in [3.8, 4) is 0 Å². The third-order valence-corrected chi connectivity index (χ3v) is 2.67. The van der Waals surface area contributed by atoms with Gasteiger partial charge in [-0.25, -0.2) is 0 Å². The number of aromatic amines is 1. The van der Waals surface area contributed by atoms with Crippen LogP contribution in [0.5, 0.6) is 0 Å². The van der Waals surface area contributed by atoms with Crippen LogP contribution in [0.2, 0.25) is 0 Å². The van der Waals surface area contributed by atoms with E-state index in [0.717, 1.165) is 19.5 Å². The molecule has 0 amide bonds. The second-order valence-electron chi connectivity index (χ2n) is 3.93. The van der Waals surface area contributed by atoms with E-state index in [1.54, 1.807) is 0 Å². The minimum absolute atomic E-state index is 0.937. The van der Waals surface area contributed by atoms with Gasteiger partial charge in [0.05, 0.1) is 0 Å². The lowest BCUT2D eigenvalue weighted by Crippen LogP contribution is -2.13.